The van der Waals surface area contributed by atoms with Gasteiger partial charge in [-0.3, -0.25) is 5.41 Å². The second-order valence-electron chi connectivity index (χ2n) is 3.95. The number of nitrogen functional groups attached to an aromatic ring is 1. The Hall–Kier alpha value is -1.59. The van der Waals surface area contributed by atoms with Crippen LogP contribution >= 0.6 is 27.5 Å². The van der Waals surface area contributed by atoms with Crippen LogP contribution in [0.2, 0.25) is 5.02 Å². The molecule has 0 saturated heterocycles. The highest BCUT2D eigenvalue weighted by Crippen LogP contribution is 2.31. The van der Waals surface area contributed by atoms with Crippen LogP contribution < -0.4 is 10.6 Å². The first kappa shape index (κ1) is 13.8. The van der Waals surface area contributed by atoms with E-state index in [4.69, 9.17) is 22.7 Å². The Morgan fingerprint density at radius 2 is 2.11 bits per heavy atom. The van der Waals surface area contributed by atoms with Crippen molar-refractivity contribution in [2.45, 2.75) is 0 Å². The van der Waals surface area contributed by atoms with E-state index in [1.165, 1.54) is 0 Å². The molecule has 1 aromatic heterocycles. The summed E-state index contributed by atoms with van der Waals surface area (Å²) in [6.07, 6.45) is 1.67. The summed E-state index contributed by atoms with van der Waals surface area (Å²) < 4.78 is 0.814. The molecule has 0 unspecified atom stereocenters. The maximum absolute atomic E-state index is 7.61. The Kier molecular flexibility index (Phi) is 4.07. The fourth-order valence-corrected chi connectivity index (χ4v) is 2.52. The van der Waals surface area contributed by atoms with Crippen molar-refractivity contribution in [1.82, 2.24) is 4.98 Å². The predicted molar refractivity (Wildman–Crippen MR) is 82.5 cm³/mol. The topological polar surface area (TPSA) is 66.0 Å². The van der Waals surface area contributed by atoms with Crippen LogP contribution in [0.5, 0.6) is 0 Å². The quantitative estimate of drug-likeness (QED) is 0.664. The molecule has 0 radical (unpaired) electrons. The minimum absolute atomic E-state index is 0.00989. The van der Waals surface area contributed by atoms with Gasteiger partial charge < -0.3 is 10.6 Å². The van der Waals surface area contributed by atoms with Crippen molar-refractivity contribution in [3.63, 3.8) is 0 Å². The van der Waals surface area contributed by atoms with Crippen molar-refractivity contribution in [3.05, 3.63) is 51.6 Å². The Balaban J connectivity index is 2.50. The molecular formula is C13H12BrClN4. The minimum atomic E-state index is 0.00989. The molecular weight excluding hydrogens is 328 g/mol. The summed E-state index contributed by atoms with van der Waals surface area (Å²) in [5.74, 6) is 0.620. The van der Waals surface area contributed by atoms with Crippen LogP contribution in [0.4, 0.5) is 11.5 Å². The summed E-state index contributed by atoms with van der Waals surface area (Å²) in [6.45, 7) is 0. The summed E-state index contributed by atoms with van der Waals surface area (Å²) >= 11 is 9.51. The van der Waals surface area contributed by atoms with Crippen LogP contribution in [-0.2, 0) is 0 Å². The molecule has 0 aliphatic heterocycles. The van der Waals surface area contributed by atoms with Crippen molar-refractivity contribution in [2.24, 2.45) is 5.73 Å². The number of hydrogen-bond acceptors (Lipinski definition) is 3. The van der Waals surface area contributed by atoms with Gasteiger partial charge in [0, 0.05) is 23.3 Å². The molecule has 0 aliphatic carbocycles. The van der Waals surface area contributed by atoms with Crippen LogP contribution in [0.15, 0.2) is 41.0 Å². The number of anilines is 2. The van der Waals surface area contributed by atoms with E-state index in [9.17, 15) is 0 Å². The molecule has 1 heterocycles. The molecule has 98 valence electrons. The summed E-state index contributed by atoms with van der Waals surface area (Å²) in [6, 6.07) is 9.16. The Morgan fingerprint density at radius 1 is 1.42 bits per heavy atom. The zero-order valence-corrected chi connectivity index (χ0v) is 12.5. The monoisotopic (exact) mass is 338 g/mol. The lowest BCUT2D eigenvalue weighted by atomic mass is 10.1. The number of rotatable bonds is 3. The SMILES string of the molecule is CN(c1ccccc1C(=N)N)c1ncc(Br)cc1Cl. The van der Waals surface area contributed by atoms with E-state index in [0.717, 1.165) is 10.2 Å². The molecule has 4 nitrogen and oxygen atoms in total. The van der Waals surface area contributed by atoms with Gasteiger partial charge in [0.25, 0.3) is 0 Å². The normalized spacial score (nSPS) is 10.3. The number of nitrogens with one attached hydrogen (secondary N) is 1. The molecule has 0 bridgehead atoms. The highest BCUT2D eigenvalue weighted by atomic mass is 79.9. The van der Waals surface area contributed by atoms with E-state index < -0.39 is 0 Å². The van der Waals surface area contributed by atoms with Crippen molar-refractivity contribution in [2.75, 3.05) is 11.9 Å². The van der Waals surface area contributed by atoms with Gasteiger partial charge in [-0.05, 0) is 34.1 Å². The van der Waals surface area contributed by atoms with Crippen molar-refractivity contribution >= 4 is 44.9 Å². The molecule has 0 atom stereocenters. The number of nitrogens with two attached hydrogens (primary N) is 1. The van der Waals surface area contributed by atoms with Crippen LogP contribution in [0.1, 0.15) is 5.56 Å². The maximum Gasteiger partial charge on any atom is 0.151 e. The highest BCUT2D eigenvalue weighted by molar-refractivity contribution is 9.10. The number of hydrogen-bond donors (Lipinski definition) is 2. The molecule has 6 heteroatoms. The lowest BCUT2D eigenvalue weighted by Crippen LogP contribution is -2.19. The largest absolute Gasteiger partial charge is 0.384 e. The first-order valence-corrected chi connectivity index (χ1v) is 6.66. The number of benzene rings is 1. The molecule has 0 spiro atoms. The minimum Gasteiger partial charge on any atom is -0.384 e. The summed E-state index contributed by atoms with van der Waals surface area (Å²) in [5, 5.41) is 8.13. The van der Waals surface area contributed by atoms with Gasteiger partial charge in [0.05, 0.1) is 10.7 Å². The van der Waals surface area contributed by atoms with Gasteiger partial charge in [-0.15, -0.1) is 0 Å². The number of halogens is 2. The van der Waals surface area contributed by atoms with Crippen LogP contribution in [-0.4, -0.2) is 17.9 Å². The van der Waals surface area contributed by atoms with Gasteiger partial charge in [-0.2, -0.15) is 0 Å². The van der Waals surface area contributed by atoms with Gasteiger partial charge in [0.1, 0.15) is 5.84 Å². The number of para-hydroxylation sites is 1. The fourth-order valence-electron chi connectivity index (χ4n) is 1.76. The number of nitrogens with zero attached hydrogens (tertiary/aromatic N) is 2. The predicted octanol–water partition coefficient (Wildman–Crippen LogP) is 3.55. The lowest BCUT2D eigenvalue weighted by Gasteiger charge is -2.22. The molecule has 0 amide bonds. The first-order chi connectivity index (χ1) is 9.00. The van der Waals surface area contributed by atoms with E-state index >= 15 is 0 Å². The molecule has 0 aliphatic rings. The van der Waals surface area contributed by atoms with Gasteiger partial charge in [-0.1, -0.05) is 23.7 Å². The summed E-state index contributed by atoms with van der Waals surface area (Å²) in [7, 11) is 1.84. The third-order valence-corrected chi connectivity index (χ3v) is 3.37. The van der Waals surface area contributed by atoms with Crippen molar-refractivity contribution in [1.29, 1.82) is 5.41 Å². The standard InChI is InChI=1S/C13H12BrClN4/c1-19(13-10(15)6-8(14)7-18-13)11-5-3-2-4-9(11)12(16)17/h2-7H,1H3,(H3,16,17). The fraction of sp³-hybridized carbons (Fsp3) is 0.0769. The average Bonchev–Trinajstić information content (AvgIpc) is 2.38. The molecule has 2 rings (SSSR count). The second kappa shape index (κ2) is 5.59. The second-order valence-corrected chi connectivity index (χ2v) is 5.27. The van der Waals surface area contributed by atoms with Gasteiger partial charge in [0.15, 0.2) is 5.82 Å². The van der Waals surface area contributed by atoms with Gasteiger partial charge in [-0.25, -0.2) is 4.98 Å². The van der Waals surface area contributed by atoms with Crippen LogP contribution in [0, 0.1) is 5.41 Å². The molecule has 1 aromatic carbocycles. The summed E-state index contributed by atoms with van der Waals surface area (Å²) in [4.78, 5) is 6.10. The summed E-state index contributed by atoms with van der Waals surface area (Å²) in [5.41, 5.74) is 7.02. The van der Waals surface area contributed by atoms with E-state index in [0.29, 0.717) is 16.4 Å². The van der Waals surface area contributed by atoms with E-state index in [-0.39, 0.29) is 5.84 Å². The van der Waals surface area contributed by atoms with E-state index in [1.807, 2.05) is 30.1 Å². The Bertz CT molecular complexity index is 630. The van der Waals surface area contributed by atoms with Crippen molar-refractivity contribution < 1.29 is 0 Å². The van der Waals surface area contributed by atoms with Crippen LogP contribution in [0.3, 0.4) is 0 Å². The molecule has 3 N–H and O–H groups in total. The smallest absolute Gasteiger partial charge is 0.151 e. The van der Waals surface area contributed by atoms with E-state index in [1.54, 1.807) is 18.3 Å². The van der Waals surface area contributed by atoms with E-state index in [2.05, 4.69) is 20.9 Å². The zero-order chi connectivity index (χ0) is 14.0. The number of aromatic nitrogens is 1. The average molecular weight is 340 g/mol. The van der Waals surface area contributed by atoms with Crippen molar-refractivity contribution in [3.8, 4) is 0 Å². The lowest BCUT2D eigenvalue weighted by molar-refractivity contribution is 1.12. The molecule has 0 saturated carbocycles. The highest BCUT2D eigenvalue weighted by Gasteiger charge is 2.14. The molecule has 19 heavy (non-hydrogen) atoms. The first-order valence-electron chi connectivity index (χ1n) is 5.49. The third kappa shape index (κ3) is 2.88. The zero-order valence-electron chi connectivity index (χ0n) is 10.2. The maximum atomic E-state index is 7.61. The Labute approximate surface area is 124 Å². The Morgan fingerprint density at radius 3 is 2.74 bits per heavy atom. The third-order valence-electron chi connectivity index (χ3n) is 2.66. The number of amidine groups is 1. The van der Waals surface area contributed by atoms with Gasteiger partial charge in [0.2, 0.25) is 0 Å². The molecule has 0 fully saturated rings. The molecule has 2 aromatic rings. The van der Waals surface area contributed by atoms with Gasteiger partial charge >= 0.3 is 0 Å². The van der Waals surface area contributed by atoms with Crippen LogP contribution in [0.25, 0.3) is 0 Å². The number of pyridine rings is 1.